The highest BCUT2D eigenvalue weighted by atomic mass is 32.2. The van der Waals surface area contributed by atoms with Crippen LogP contribution >= 0.6 is 0 Å². The number of benzene rings is 3. The molecule has 0 radical (unpaired) electrons. The molecule has 0 saturated carbocycles. The summed E-state index contributed by atoms with van der Waals surface area (Å²) in [6.45, 7) is 0. The highest BCUT2D eigenvalue weighted by Crippen LogP contribution is 2.29. The van der Waals surface area contributed by atoms with E-state index < -0.39 is 35.9 Å². The van der Waals surface area contributed by atoms with E-state index in [-0.39, 0.29) is 22.0 Å². The van der Waals surface area contributed by atoms with Crippen molar-refractivity contribution in [2.75, 3.05) is 11.1 Å². The summed E-state index contributed by atoms with van der Waals surface area (Å²) in [6, 6.07) is 11.9. The molecule has 1 amide bonds. The minimum Gasteiger partial charge on any atom is -0.399 e. The van der Waals surface area contributed by atoms with Crippen LogP contribution in [-0.2, 0) is 20.2 Å². The van der Waals surface area contributed by atoms with E-state index in [1.807, 2.05) is 0 Å². The Morgan fingerprint density at radius 2 is 1.61 bits per heavy atom. The molecule has 0 bridgehead atoms. The molecule has 0 aliphatic rings. The number of nitrogens with one attached hydrogen (secondary N) is 1. The number of nitrogens with two attached hydrogens (primary N) is 1. The molecule has 3 aromatic carbocycles. The summed E-state index contributed by atoms with van der Waals surface area (Å²) in [7, 11) is -9.51. The molecule has 0 atom stereocenters. The van der Waals surface area contributed by atoms with Crippen LogP contribution in [0.15, 0.2) is 64.4 Å². The molecular formula is C17H14N2O7S2. The fraction of sp³-hybridized carbons (Fsp3) is 0. The fourth-order valence-electron chi connectivity index (χ4n) is 2.63. The minimum absolute atomic E-state index is 0.0110. The molecular weight excluding hydrogens is 408 g/mol. The van der Waals surface area contributed by atoms with E-state index in [0.717, 1.165) is 6.07 Å². The third-order valence-electron chi connectivity index (χ3n) is 3.87. The molecule has 3 aromatic rings. The van der Waals surface area contributed by atoms with Gasteiger partial charge in [0.15, 0.2) is 0 Å². The van der Waals surface area contributed by atoms with Crippen LogP contribution in [0, 0.1) is 0 Å². The number of carbonyl (C=O) groups excluding carboxylic acids is 1. The lowest BCUT2D eigenvalue weighted by Crippen LogP contribution is -2.12. The van der Waals surface area contributed by atoms with E-state index in [2.05, 4.69) is 5.32 Å². The Morgan fingerprint density at radius 1 is 0.893 bits per heavy atom. The summed E-state index contributed by atoms with van der Waals surface area (Å²) in [6.07, 6.45) is 0. The first-order valence-corrected chi connectivity index (χ1v) is 10.5. The molecule has 0 fully saturated rings. The Hall–Kier alpha value is -2.99. The molecule has 0 spiro atoms. The summed E-state index contributed by atoms with van der Waals surface area (Å²) >= 11 is 0. The molecule has 28 heavy (non-hydrogen) atoms. The van der Waals surface area contributed by atoms with Crippen LogP contribution in [0.2, 0.25) is 0 Å². The van der Waals surface area contributed by atoms with Crippen LogP contribution in [0.1, 0.15) is 10.4 Å². The molecule has 11 heteroatoms. The van der Waals surface area contributed by atoms with Crippen molar-refractivity contribution in [3.63, 3.8) is 0 Å². The third kappa shape index (κ3) is 4.12. The first kappa shape index (κ1) is 19.8. The Kier molecular flexibility index (Phi) is 4.85. The van der Waals surface area contributed by atoms with Gasteiger partial charge in [0.25, 0.3) is 26.1 Å². The SMILES string of the molecule is Nc1cccc(C(=O)Nc2ccc3c(S(=O)(=O)O)cc(S(=O)(=O)O)cc3c2)c1. The Morgan fingerprint density at radius 3 is 2.21 bits per heavy atom. The van der Waals surface area contributed by atoms with Crippen LogP contribution in [0.4, 0.5) is 11.4 Å². The van der Waals surface area contributed by atoms with Crippen LogP contribution in [-0.4, -0.2) is 31.8 Å². The van der Waals surface area contributed by atoms with E-state index in [1.54, 1.807) is 18.2 Å². The first-order chi connectivity index (χ1) is 12.9. The van der Waals surface area contributed by atoms with Crippen LogP contribution in [0.25, 0.3) is 10.8 Å². The summed E-state index contributed by atoms with van der Waals surface area (Å²) in [5.74, 6) is -0.493. The highest BCUT2D eigenvalue weighted by molar-refractivity contribution is 7.86. The Bertz CT molecular complexity index is 1320. The Labute approximate surface area is 160 Å². The monoisotopic (exact) mass is 422 g/mol. The first-order valence-electron chi connectivity index (χ1n) is 7.65. The molecule has 0 saturated heterocycles. The summed E-state index contributed by atoms with van der Waals surface area (Å²) in [4.78, 5) is 10.9. The number of carbonyl (C=O) groups is 1. The van der Waals surface area contributed by atoms with Crippen molar-refractivity contribution in [3.8, 4) is 0 Å². The predicted octanol–water partition coefficient (Wildman–Crippen LogP) is 2.17. The standard InChI is InChI=1S/C17H14N2O7S2/c18-12-3-1-2-10(6-12)17(20)19-13-4-5-15-11(7-13)8-14(27(21,22)23)9-16(15)28(24,25)26/h1-9H,18H2,(H,19,20)(H,21,22,23)(H,24,25,26). The zero-order chi connectivity index (χ0) is 20.7. The van der Waals surface area contributed by atoms with E-state index in [4.69, 9.17) is 5.73 Å². The van der Waals surface area contributed by atoms with Crippen molar-refractivity contribution in [2.45, 2.75) is 9.79 Å². The zero-order valence-electron chi connectivity index (χ0n) is 14.0. The maximum atomic E-state index is 12.3. The minimum atomic E-state index is -4.77. The van der Waals surface area contributed by atoms with Crippen molar-refractivity contribution >= 4 is 48.3 Å². The van der Waals surface area contributed by atoms with Gasteiger partial charge in [0, 0.05) is 22.3 Å². The lowest BCUT2D eigenvalue weighted by atomic mass is 10.1. The number of amides is 1. The van der Waals surface area contributed by atoms with Gasteiger partial charge in [0.2, 0.25) is 0 Å². The number of nitrogen functional groups attached to an aromatic ring is 1. The average molecular weight is 422 g/mol. The quantitative estimate of drug-likeness (QED) is 0.367. The zero-order valence-corrected chi connectivity index (χ0v) is 15.7. The number of hydrogen-bond acceptors (Lipinski definition) is 6. The molecule has 0 unspecified atom stereocenters. The lowest BCUT2D eigenvalue weighted by molar-refractivity contribution is 0.102. The highest BCUT2D eigenvalue weighted by Gasteiger charge is 2.20. The normalized spacial score (nSPS) is 12.1. The van der Waals surface area contributed by atoms with Gasteiger partial charge in [-0.25, -0.2) is 0 Å². The van der Waals surface area contributed by atoms with Gasteiger partial charge in [-0.3, -0.25) is 13.9 Å². The topological polar surface area (TPSA) is 164 Å². The second-order valence-corrected chi connectivity index (χ2v) is 8.70. The molecule has 0 aliphatic carbocycles. The van der Waals surface area contributed by atoms with Gasteiger partial charge < -0.3 is 11.1 Å². The second-order valence-electron chi connectivity index (χ2n) is 5.89. The van der Waals surface area contributed by atoms with Gasteiger partial charge in [-0.05, 0) is 47.9 Å². The predicted molar refractivity (Wildman–Crippen MR) is 102 cm³/mol. The molecule has 3 rings (SSSR count). The van der Waals surface area contributed by atoms with E-state index >= 15 is 0 Å². The summed E-state index contributed by atoms with van der Waals surface area (Å²) in [5.41, 5.74) is 6.54. The maximum Gasteiger partial charge on any atom is 0.295 e. The lowest BCUT2D eigenvalue weighted by Gasteiger charge is -2.10. The van der Waals surface area contributed by atoms with Gasteiger partial charge in [-0.1, -0.05) is 12.1 Å². The fourth-order valence-corrected chi connectivity index (χ4v) is 3.99. The number of hydrogen-bond donors (Lipinski definition) is 4. The number of rotatable bonds is 4. The number of anilines is 2. The largest absolute Gasteiger partial charge is 0.399 e. The van der Waals surface area contributed by atoms with Gasteiger partial charge in [-0.2, -0.15) is 16.8 Å². The van der Waals surface area contributed by atoms with Gasteiger partial charge >= 0.3 is 0 Å². The van der Waals surface area contributed by atoms with Crippen molar-refractivity contribution in [3.05, 3.63) is 60.2 Å². The summed E-state index contributed by atoms with van der Waals surface area (Å²) < 4.78 is 64.7. The van der Waals surface area contributed by atoms with E-state index in [1.165, 1.54) is 24.3 Å². The van der Waals surface area contributed by atoms with Gasteiger partial charge in [0.05, 0.1) is 4.90 Å². The van der Waals surface area contributed by atoms with Crippen molar-refractivity contribution in [2.24, 2.45) is 0 Å². The average Bonchev–Trinajstić information content (AvgIpc) is 2.59. The molecule has 0 heterocycles. The molecule has 9 nitrogen and oxygen atoms in total. The van der Waals surface area contributed by atoms with Crippen LogP contribution < -0.4 is 11.1 Å². The molecule has 0 aromatic heterocycles. The maximum absolute atomic E-state index is 12.3. The van der Waals surface area contributed by atoms with Gasteiger partial charge in [-0.15, -0.1) is 0 Å². The smallest absolute Gasteiger partial charge is 0.295 e. The van der Waals surface area contributed by atoms with Crippen molar-refractivity contribution < 1.29 is 30.7 Å². The number of fused-ring (bicyclic) bond motifs is 1. The van der Waals surface area contributed by atoms with Gasteiger partial charge in [0.1, 0.15) is 4.90 Å². The Balaban J connectivity index is 2.11. The molecule has 5 N–H and O–H groups in total. The van der Waals surface area contributed by atoms with Crippen molar-refractivity contribution in [1.82, 2.24) is 0 Å². The van der Waals surface area contributed by atoms with Crippen molar-refractivity contribution in [1.29, 1.82) is 0 Å². The van der Waals surface area contributed by atoms with Crippen LogP contribution in [0.3, 0.4) is 0 Å². The molecule has 146 valence electrons. The third-order valence-corrected chi connectivity index (χ3v) is 5.60. The van der Waals surface area contributed by atoms with E-state index in [9.17, 15) is 30.7 Å². The van der Waals surface area contributed by atoms with Crippen LogP contribution in [0.5, 0.6) is 0 Å². The summed E-state index contributed by atoms with van der Waals surface area (Å²) in [5, 5.41) is 2.65. The van der Waals surface area contributed by atoms with E-state index in [0.29, 0.717) is 11.8 Å². The molecule has 0 aliphatic heterocycles. The second kappa shape index (κ2) is 6.87.